The SMILES string of the molecule is [C-]#[N+]c1cc2c[n+]3n(c2cc1[N+]#[C-])-c1c(ccc(C)c1C)C3. The molecule has 104 valence electrons. The molecule has 4 nitrogen and oxygen atoms in total. The van der Waals surface area contributed by atoms with Crippen molar-refractivity contribution < 1.29 is 4.68 Å². The average Bonchev–Trinajstić information content (AvgIpc) is 3.04. The van der Waals surface area contributed by atoms with Gasteiger partial charge < -0.3 is 0 Å². The lowest BCUT2D eigenvalue weighted by atomic mass is 10.0. The molecule has 1 aromatic heterocycles. The molecule has 0 aliphatic carbocycles. The van der Waals surface area contributed by atoms with E-state index in [-0.39, 0.29) is 0 Å². The molecule has 0 bridgehead atoms. The minimum absolute atomic E-state index is 0.419. The van der Waals surface area contributed by atoms with Crippen molar-refractivity contribution in [1.29, 1.82) is 0 Å². The molecule has 2 heterocycles. The number of rotatable bonds is 0. The number of benzene rings is 2. The number of aryl methyl sites for hydroxylation is 1. The van der Waals surface area contributed by atoms with Crippen LogP contribution in [0.5, 0.6) is 0 Å². The third-order valence-corrected chi connectivity index (χ3v) is 4.47. The minimum Gasteiger partial charge on any atom is -0.250 e. The first-order valence-corrected chi connectivity index (χ1v) is 7.07. The Morgan fingerprint density at radius 1 is 1.09 bits per heavy atom. The fraction of sp³-hybridized carbons (Fsp3) is 0.167. The summed E-state index contributed by atoms with van der Waals surface area (Å²) in [6, 6.07) is 7.99. The summed E-state index contributed by atoms with van der Waals surface area (Å²) in [6.45, 7) is 19.6. The largest absolute Gasteiger partial charge is 0.250 e. The van der Waals surface area contributed by atoms with E-state index in [0.717, 1.165) is 17.4 Å². The molecule has 0 unspecified atom stereocenters. The molecule has 4 heteroatoms. The van der Waals surface area contributed by atoms with Crippen molar-refractivity contribution in [2.75, 3.05) is 0 Å². The Hall–Kier alpha value is -3.11. The van der Waals surface area contributed by atoms with Crippen LogP contribution in [0, 0.1) is 27.0 Å². The Morgan fingerprint density at radius 3 is 2.55 bits per heavy atom. The lowest BCUT2D eigenvalue weighted by molar-refractivity contribution is -0.749. The predicted molar refractivity (Wildman–Crippen MR) is 84.6 cm³/mol. The normalized spacial score (nSPS) is 11.8. The van der Waals surface area contributed by atoms with Crippen LogP contribution < -0.4 is 4.68 Å². The Bertz CT molecular complexity index is 1040. The molecule has 22 heavy (non-hydrogen) atoms. The van der Waals surface area contributed by atoms with Gasteiger partial charge in [-0.05, 0) is 37.1 Å². The van der Waals surface area contributed by atoms with Gasteiger partial charge in [-0.3, -0.25) is 9.69 Å². The van der Waals surface area contributed by atoms with Crippen LogP contribution in [0.3, 0.4) is 0 Å². The van der Waals surface area contributed by atoms with Crippen molar-refractivity contribution in [2.45, 2.75) is 20.4 Å². The summed E-state index contributed by atoms with van der Waals surface area (Å²) in [5.74, 6) is 0. The van der Waals surface area contributed by atoms with Crippen LogP contribution in [0.2, 0.25) is 0 Å². The lowest BCUT2D eigenvalue weighted by Gasteiger charge is -2.06. The Balaban J connectivity index is 2.12. The van der Waals surface area contributed by atoms with E-state index in [2.05, 4.69) is 51.2 Å². The van der Waals surface area contributed by atoms with Crippen LogP contribution in [0.15, 0.2) is 30.5 Å². The van der Waals surface area contributed by atoms with Crippen LogP contribution in [0.25, 0.3) is 26.3 Å². The number of hydrogen-bond donors (Lipinski definition) is 0. The van der Waals surface area contributed by atoms with Gasteiger partial charge in [0.15, 0.2) is 17.9 Å². The van der Waals surface area contributed by atoms with E-state index >= 15 is 0 Å². The van der Waals surface area contributed by atoms with Crippen LogP contribution >= 0.6 is 0 Å². The highest BCUT2D eigenvalue weighted by Gasteiger charge is 2.30. The average molecular weight is 285 g/mol. The summed E-state index contributed by atoms with van der Waals surface area (Å²) >= 11 is 0. The molecule has 0 saturated heterocycles. The first kappa shape index (κ1) is 12.6. The molecule has 0 fully saturated rings. The molecule has 2 aromatic carbocycles. The van der Waals surface area contributed by atoms with Gasteiger partial charge in [0.2, 0.25) is 6.20 Å². The number of nitrogens with zero attached hydrogens (tertiary/aromatic N) is 4. The van der Waals surface area contributed by atoms with Gasteiger partial charge in [0.1, 0.15) is 11.2 Å². The van der Waals surface area contributed by atoms with E-state index in [1.165, 1.54) is 22.4 Å². The van der Waals surface area contributed by atoms with Gasteiger partial charge in [-0.15, -0.1) is 9.36 Å². The van der Waals surface area contributed by atoms with E-state index in [9.17, 15) is 0 Å². The summed E-state index contributed by atoms with van der Waals surface area (Å²) in [5, 5.41) is 1.00. The second-order valence-electron chi connectivity index (χ2n) is 5.68. The Morgan fingerprint density at radius 2 is 1.82 bits per heavy atom. The highest BCUT2D eigenvalue weighted by molar-refractivity contribution is 5.91. The zero-order valence-corrected chi connectivity index (χ0v) is 12.4. The van der Waals surface area contributed by atoms with Crippen molar-refractivity contribution in [1.82, 2.24) is 4.68 Å². The highest BCUT2D eigenvalue weighted by Crippen LogP contribution is 2.36. The number of aromatic nitrogens is 2. The van der Waals surface area contributed by atoms with Crippen LogP contribution in [0.4, 0.5) is 11.4 Å². The summed E-state index contributed by atoms with van der Waals surface area (Å²) in [5.41, 5.74) is 6.87. The molecule has 0 saturated carbocycles. The second kappa shape index (κ2) is 4.19. The Kier molecular flexibility index (Phi) is 2.40. The standard InChI is InChI=1S/C18H13N4/c1-11-5-6-13-9-21-10-14-7-15(19-3)16(20-4)8-17(14)22(21)18(13)12(11)2/h5-8,10H,9H2,1-2H3/q+1. The fourth-order valence-corrected chi connectivity index (χ4v) is 3.22. The monoisotopic (exact) mass is 285 g/mol. The first-order valence-electron chi connectivity index (χ1n) is 7.07. The van der Waals surface area contributed by atoms with Gasteiger partial charge in [-0.2, -0.15) is 0 Å². The van der Waals surface area contributed by atoms with Gasteiger partial charge in [-0.25, -0.2) is 0 Å². The van der Waals surface area contributed by atoms with Gasteiger partial charge in [0.05, 0.1) is 18.5 Å². The van der Waals surface area contributed by atoms with Crippen LogP contribution in [-0.2, 0) is 6.54 Å². The van der Waals surface area contributed by atoms with Crippen molar-refractivity contribution >= 4 is 22.3 Å². The predicted octanol–water partition coefficient (Wildman–Crippen LogP) is 4.00. The quantitative estimate of drug-likeness (QED) is 0.343. The zero-order valence-electron chi connectivity index (χ0n) is 12.4. The van der Waals surface area contributed by atoms with E-state index in [0.29, 0.717) is 11.4 Å². The fourth-order valence-electron chi connectivity index (χ4n) is 3.22. The third-order valence-electron chi connectivity index (χ3n) is 4.47. The van der Waals surface area contributed by atoms with Crippen LogP contribution in [-0.4, -0.2) is 4.68 Å². The summed E-state index contributed by atoms with van der Waals surface area (Å²) in [7, 11) is 0. The van der Waals surface area contributed by atoms with Gasteiger partial charge >= 0.3 is 0 Å². The highest BCUT2D eigenvalue weighted by atomic mass is 15.4. The molecule has 0 N–H and O–H groups in total. The molecule has 0 spiro atoms. The van der Waals surface area contributed by atoms with E-state index < -0.39 is 0 Å². The second-order valence-corrected chi connectivity index (χ2v) is 5.68. The van der Waals surface area contributed by atoms with Crippen LogP contribution in [0.1, 0.15) is 16.7 Å². The third kappa shape index (κ3) is 1.47. The Labute approximate surface area is 128 Å². The molecule has 1 aliphatic rings. The number of hydrogen-bond acceptors (Lipinski definition) is 0. The van der Waals surface area contributed by atoms with Gasteiger partial charge in [0, 0.05) is 5.56 Å². The summed E-state index contributed by atoms with van der Waals surface area (Å²) in [6.07, 6.45) is 2.06. The maximum absolute atomic E-state index is 7.30. The van der Waals surface area contributed by atoms with E-state index in [1.54, 1.807) is 0 Å². The molecule has 3 aromatic rings. The maximum Gasteiger partial charge on any atom is 0.202 e. The molecular weight excluding hydrogens is 272 g/mol. The smallest absolute Gasteiger partial charge is 0.202 e. The van der Waals surface area contributed by atoms with Gasteiger partial charge in [-0.1, -0.05) is 12.1 Å². The van der Waals surface area contributed by atoms with E-state index in [4.69, 9.17) is 13.1 Å². The number of fused-ring (bicyclic) bond motifs is 5. The van der Waals surface area contributed by atoms with Crippen molar-refractivity contribution in [3.63, 3.8) is 0 Å². The molecule has 0 radical (unpaired) electrons. The summed E-state index contributed by atoms with van der Waals surface area (Å²) < 4.78 is 4.33. The van der Waals surface area contributed by atoms with E-state index in [1.807, 2.05) is 12.1 Å². The van der Waals surface area contributed by atoms with Crippen molar-refractivity contribution in [2.24, 2.45) is 0 Å². The van der Waals surface area contributed by atoms with Crippen molar-refractivity contribution in [3.05, 3.63) is 70.0 Å². The van der Waals surface area contributed by atoms with Gasteiger partial charge in [0.25, 0.3) is 0 Å². The molecule has 0 amide bonds. The topological polar surface area (TPSA) is 17.5 Å². The molecular formula is C18H13N4+. The van der Waals surface area contributed by atoms with Crippen molar-refractivity contribution in [3.8, 4) is 5.69 Å². The molecule has 4 rings (SSSR count). The summed E-state index contributed by atoms with van der Waals surface area (Å²) in [4.78, 5) is 6.97. The minimum atomic E-state index is 0.419. The maximum atomic E-state index is 7.30. The first-order chi connectivity index (χ1) is 10.6. The lowest BCUT2D eigenvalue weighted by Crippen LogP contribution is -2.36. The molecule has 1 aliphatic heterocycles. The zero-order chi connectivity index (χ0) is 15.4. The molecule has 0 atom stereocenters.